The fourth-order valence-electron chi connectivity index (χ4n) is 2.09. The maximum atomic E-state index is 12.0. The molecule has 1 aliphatic rings. The van der Waals surface area contributed by atoms with Crippen LogP contribution in [0.1, 0.15) is 31.7 Å². The third kappa shape index (κ3) is 4.08. The van der Waals surface area contributed by atoms with Crippen LogP contribution in [0.5, 0.6) is 5.75 Å². The van der Waals surface area contributed by atoms with Crippen LogP contribution >= 0.6 is 0 Å². The van der Waals surface area contributed by atoms with E-state index in [1.807, 2.05) is 13.8 Å². The number of alkyl halides is 2. The molecule has 1 aromatic rings. The van der Waals surface area contributed by atoms with Crippen molar-refractivity contribution in [1.82, 2.24) is 5.32 Å². The van der Waals surface area contributed by atoms with Crippen LogP contribution in [0.2, 0.25) is 0 Å². The second-order valence-corrected chi connectivity index (χ2v) is 5.17. The Labute approximate surface area is 117 Å². The van der Waals surface area contributed by atoms with Crippen molar-refractivity contribution in [2.24, 2.45) is 10.7 Å². The Morgan fingerprint density at radius 3 is 2.55 bits per heavy atom. The van der Waals surface area contributed by atoms with Gasteiger partial charge >= 0.3 is 6.61 Å². The van der Waals surface area contributed by atoms with Gasteiger partial charge in [-0.2, -0.15) is 8.78 Å². The van der Waals surface area contributed by atoms with Gasteiger partial charge in [-0.3, -0.25) is 0 Å². The molecule has 2 atom stereocenters. The minimum Gasteiger partial charge on any atom is -0.435 e. The minimum absolute atomic E-state index is 0.170. The first-order valence-corrected chi connectivity index (χ1v) is 6.60. The molecule has 1 fully saturated rings. The van der Waals surface area contributed by atoms with E-state index in [1.54, 1.807) is 24.3 Å². The smallest absolute Gasteiger partial charge is 0.387 e. The maximum absolute atomic E-state index is 12.0. The molecule has 0 amide bonds. The Bertz CT molecular complexity index is 474. The molecule has 4 nitrogen and oxygen atoms in total. The van der Waals surface area contributed by atoms with Crippen molar-refractivity contribution >= 4 is 5.96 Å². The van der Waals surface area contributed by atoms with Gasteiger partial charge in [0, 0.05) is 12.0 Å². The van der Waals surface area contributed by atoms with Gasteiger partial charge in [0.15, 0.2) is 5.96 Å². The van der Waals surface area contributed by atoms with Gasteiger partial charge in [-0.25, -0.2) is 4.99 Å². The molecule has 6 heteroatoms. The molecular formula is C14H19F2N3O. The van der Waals surface area contributed by atoms with Crippen LogP contribution < -0.4 is 15.8 Å². The van der Waals surface area contributed by atoms with E-state index in [2.05, 4.69) is 15.0 Å². The Kier molecular flexibility index (Phi) is 4.42. The van der Waals surface area contributed by atoms with Crippen LogP contribution in [0.4, 0.5) is 8.78 Å². The van der Waals surface area contributed by atoms with E-state index in [0.29, 0.717) is 11.9 Å². The van der Waals surface area contributed by atoms with E-state index < -0.39 is 6.61 Å². The maximum Gasteiger partial charge on any atom is 0.387 e. The molecule has 0 spiro atoms. The number of nitrogens with zero attached hydrogens (tertiary/aromatic N) is 1. The van der Waals surface area contributed by atoms with Gasteiger partial charge in [-0.15, -0.1) is 0 Å². The molecule has 110 valence electrons. The number of nitrogens with two attached hydrogens (primary N) is 1. The summed E-state index contributed by atoms with van der Waals surface area (Å²) in [6.07, 6.45) is 0.926. The Hall–Kier alpha value is -1.85. The number of guanidine groups is 1. The Balaban J connectivity index is 1.91. The number of rotatable bonds is 5. The molecule has 0 radical (unpaired) electrons. The minimum atomic E-state index is -2.79. The van der Waals surface area contributed by atoms with Gasteiger partial charge < -0.3 is 15.8 Å². The van der Waals surface area contributed by atoms with E-state index in [1.165, 1.54) is 0 Å². The molecule has 1 aliphatic carbocycles. The van der Waals surface area contributed by atoms with Crippen LogP contribution in [-0.4, -0.2) is 24.7 Å². The lowest BCUT2D eigenvalue weighted by Gasteiger charge is -2.08. The second kappa shape index (κ2) is 6.07. The van der Waals surface area contributed by atoms with E-state index in [-0.39, 0.29) is 17.8 Å². The highest BCUT2D eigenvalue weighted by Gasteiger charge is 2.38. The lowest BCUT2D eigenvalue weighted by molar-refractivity contribution is -0.0498. The number of aliphatic imine (C=N–C) groups is 1. The summed E-state index contributed by atoms with van der Waals surface area (Å²) in [5.74, 6) is 0.929. The summed E-state index contributed by atoms with van der Waals surface area (Å²) in [5.41, 5.74) is 6.84. The standard InChI is InChI=1S/C14H19F2N3O/c1-8(2)18-14(17)19-12-7-11(12)9-3-5-10(6-4-9)20-13(15)16/h3-6,8,11-13H,7H2,1-2H3,(H3,17,18,19)/t11-,12+/m0/s1. The van der Waals surface area contributed by atoms with E-state index >= 15 is 0 Å². The molecule has 1 saturated carbocycles. The average Bonchev–Trinajstić information content (AvgIpc) is 3.07. The van der Waals surface area contributed by atoms with Crippen molar-refractivity contribution in [1.29, 1.82) is 0 Å². The predicted octanol–water partition coefficient (Wildman–Crippen LogP) is 2.46. The third-order valence-corrected chi connectivity index (χ3v) is 3.03. The summed E-state index contributed by atoms with van der Waals surface area (Å²) >= 11 is 0. The van der Waals surface area contributed by atoms with Gasteiger partial charge in [0.1, 0.15) is 5.75 Å². The van der Waals surface area contributed by atoms with Crippen molar-refractivity contribution < 1.29 is 13.5 Å². The van der Waals surface area contributed by atoms with Crippen molar-refractivity contribution in [3.8, 4) is 5.75 Å². The Morgan fingerprint density at radius 2 is 2.00 bits per heavy atom. The number of halogens is 2. The van der Waals surface area contributed by atoms with E-state index in [0.717, 1.165) is 12.0 Å². The molecule has 0 saturated heterocycles. The number of nitrogens with one attached hydrogen (secondary N) is 1. The van der Waals surface area contributed by atoms with Gasteiger partial charge in [0.05, 0.1) is 6.04 Å². The van der Waals surface area contributed by atoms with Crippen LogP contribution in [0, 0.1) is 0 Å². The molecule has 20 heavy (non-hydrogen) atoms. The molecule has 0 aliphatic heterocycles. The summed E-state index contributed by atoms with van der Waals surface area (Å²) in [6, 6.07) is 7.12. The molecule has 0 unspecified atom stereocenters. The SMILES string of the molecule is CC(C)NC(N)=N[C@@H]1C[C@H]1c1ccc(OC(F)F)cc1. The van der Waals surface area contributed by atoms with Crippen molar-refractivity contribution in [2.45, 2.75) is 44.9 Å². The fourth-order valence-corrected chi connectivity index (χ4v) is 2.09. The van der Waals surface area contributed by atoms with Crippen molar-refractivity contribution in [2.75, 3.05) is 0 Å². The highest BCUT2D eigenvalue weighted by molar-refractivity contribution is 5.78. The highest BCUT2D eigenvalue weighted by Crippen LogP contribution is 2.43. The second-order valence-electron chi connectivity index (χ2n) is 5.17. The molecule has 2 rings (SSSR count). The van der Waals surface area contributed by atoms with Crippen molar-refractivity contribution in [3.05, 3.63) is 29.8 Å². The molecule has 0 bridgehead atoms. The molecule has 3 N–H and O–H groups in total. The highest BCUT2D eigenvalue weighted by atomic mass is 19.3. The topological polar surface area (TPSA) is 59.6 Å². The van der Waals surface area contributed by atoms with Crippen LogP contribution in [-0.2, 0) is 0 Å². The van der Waals surface area contributed by atoms with Gasteiger partial charge in [-0.1, -0.05) is 12.1 Å². The zero-order valence-electron chi connectivity index (χ0n) is 11.5. The fraction of sp³-hybridized carbons (Fsp3) is 0.500. The number of hydrogen-bond acceptors (Lipinski definition) is 2. The molecule has 0 aromatic heterocycles. The lowest BCUT2D eigenvalue weighted by atomic mass is 10.1. The third-order valence-electron chi connectivity index (χ3n) is 3.03. The van der Waals surface area contributed by atoms with Crippen molar-refractivity contribution in [3.63, 3.8) is 0 Å². The first-order valence-electron chi connectivity index (χ1n) is 6.60. The molecule has 0 heterocycles. The van der Waals surface area contributed by atoms with Crippen LogP contribution in [0.3, 0.4) is 0 Å². The summed E-state index contributed by atoms with van der Waals surface area (Å²) in [5, 5.41) is 3.04. The lowest BCUT2D eigenvalue weighted by Crippen LogP contribution is -2.37. The monoisotopic (exact) mass is 283 g/mol. The summed E-state index contributed by atoms with van der Waals surface area (Å²) in [4.78, 5) is 4.39. The first-order chi connectivity index (χ1) is 9.45. The normalized spacial score (nSPS) is 22.2. The average molecular weight is 283 g/mol. The van der Waals surface area contributed by atoms with E-state index in [4.69, 9.17) is 5.73 Å². The molecule has 1 aromatic carbocycles. The van der Waals surface area contributed by atoms with Gasteiger partial charge in [0.25, 0.3) is 0 Å². The zero-order valence-corrected chi connectivity index (χ0v) is 11.5. The summed E-state index contributed by atoms with van der Waals surface area (Å²) in [7, 11) is 0. The van der Waals surface area contributed by atoms with Gasteiger partial charge in [0.2, 0.25) is 0 Å². The number of benzene rings is 1. The predicted molar refractivity (Wildman–Crippen MR) is 74.1 cm³/mol. The van der Waals surface area contributed by atoms with E-state index in [9.17, 15) is 8.78 Å². The first kappa shape index (κ1) is 14.6. The number of ether oxygens (including phenoxy) is 1. The summed E-state index contributed by atoms with van der Waals surface area (Å²) in [6.45, 7) is 1.20. The van der Waals surface area contributed by atoms with Gasteiger partial charge in [-0.05, 0) is 38.0 Å². The molecular weight excluding hydrogens is 264 g/mol. The van der Waals surface area contributed by atoms with Crippen LogP contribution in [0.25, 0.3) is 0 Å². The largest absolute Gasteiger partial charge is 0.435 e. The zero-order chi connectivity index (χ0) is 14.7. The number of hydrogen-bond donors (Lipinski definition) is 2. The quantitative estimate of drug-likeness (QED) is 0.644. The Morgan fingerprint density at radius 1 is 1.35 bits per heavy atom. The summed E-state index contributed by atoms with van der Waals surface area (Å²) < 4.78 is 28.4. The van der Waals surface area contributed by atoms with Crippen LogP contribution in [0.15, 0.2) is 29.3 Å².